The van der Waals surface area contributed by atoms with Crippen LogP contribution in [0.3, 0.4) is 0 Å². The van der Waals surface area contributed by atoms with E-state index >= 15 is 0 Å². The van der Waals surface area contributed by atoms with Gasteiger partial charge in [0.25, 0.3) is 5.91 Å². The molecule has 1 N–H and O–H groups in total. The van der Waals surface area contributed by atoms with Crippen LogP contribution in [0.1, 0.15) is 34.3 Å². The summed E-state index contributed by atoms with van der Waals surface area (Å²) in [6.07, 6.45) is 3.19. The van der Waals surface area contributed by atoms with E-state index in [2.05, 4.69) is 41.5 Å². The molecule has 4 rings (SSSR count). The molecule has 1 aromatic heterocycles. The van der Waals surface area contributed by atoms with Gasteiger partial charge in [0, 0.05) is 30.4 Å². The van der Waals surface area contributed by atoms with Crippen LogP contribution in [0.15, 0.2) is 60.0 Å². The normalized spacial score (nSPS) is 14.4. The molecule has 1 aliphatic heterocycles. The zero-order valence-corrected chi connectivity index (χ0v) is 19.1. The summed E-state index contributed by atoms with van der Waals surface area (Å²) in [6.45, 7) is 5.44. The zero-order valence-electron chi connectivity index (χ0n) is 18.3. The Balaban J connectivity index is 1.28. The Bertz CT molecular complexity index is 1090. The van der Waals surface area contributed by atoms with E-state index in [1.807, 2.05) is 45.9 Å². The number of hydrogen-bond donors (Lipinski definition) is 1. The van der Waals surface area contributed by atoms with Crippen molar-refractivity contribution in [2.75, 3.05) is 18.8 Å². The maximum atomic E-state index is 12.8. The third-order valence-corrected chi connectivity index (χ3v) is 6.76. The van der Waals surface area contributed by atoms with Crippen LogP contribution in [0.2, 0.25) is 0 Å². The van der Waals surface area contributed by atoms with Crippen LogP contribution < -0.4 is 5.32 Å². The molecule has 0 saturated carbocycles. The molecule has 32 heavy (non-hydrogen) atoms. The molecule has 7 nitrogen and oxygen atoms in total. The van der Waals surface area contributed by atoms with Gasteiger partial charge in [-0.1, -0.05) is 36.0 Å². The molecular weight excluding hydrogens is 422 g/mol. The SMILES string of the molecule is Cc1ccc(-n2cnnc2SCC(=O)N2CCC(NC(=O)c3ccccc3)CC2)cc1C. The first-order chi connectivity index (χ1) is 15.5. The van der Waals surface area contributed by atoms with Gasteiger partial charge in [-0.2, -0.15) is 0 Å². The lowest BCUT2D eigenvalue weighted by Gasteiger charge is -2.32. The summed E-state index contributed by atoms with van der Waals surface area (Å²) in [5.74, 6) is 0.332. The molecule has 2 amide bonds. The monoisotopic (exact) mass is 449 g/mol. The third-order valence-electron chi connectivity index (χ3n) is 5.83. The lowest BCUT2D eigenvalue weighted by molar-refractivity contribution is -0.129. The van der Waals surface area contributed by atoms with Crippen LogP contribution in [0.5, 0.6) is 0 Å². The quantitative estimate of drug-likeness (QED) is 0.584. The van der Waals surface area contributed by atoms with Gasteiger partial charge in [0.1, 0.15) is 6.33 Å². The van der Waals surface area contributed by atoms with Crippen molar-refractivity contribution in [3.8, 4) is 5.69 Å². The highest BCUT2D eigenvalue weighted by molar-refractivity contribution is 7.99. The van der Waals surface area contributed by atoms with Crippen molar-refractivity contribution in [1.82, 2.24) is 25.0 Å². The maximum absolute atomic E-state index is 12.8. The van der Waals surface area contributed by atoms with Gasteiger partial charge in [-0.15, -0.1) is 10.2 Å². The molecule has 0 radical (unpaired) electrons. The summed E-state index contributed by atoms with van der Waals surface area (Å²) in [5.41, 5.74) is 4.08. The summed E-state index contributed by atoms with van der Waals surface area (Å²) in [5, 5.41) is 12.0. The number of hydrogen-bond acceptors (Lipinski definition) is 5. The third kappa shape index (κ3) is 5.19. The number of carbonyl (C=O) groups excluding carboxylic acids is 2. The Morgan fingerprint density at radius 3 is 2.53 bits per heavy atom. The summed E-state index contributed by atoms with van der Waals surface area (Å²) < 4.78 is 1.91. The highest BCUT2D eigenvalue weighted by Gasteiger charge is 2.24. The maximum Gasteiger partial charge on any atom is 0.251 e. The fourth-order valence-electron chi connectivity index (χ4n) is 3.72. The number of amides is 2. The molecule has 8 heteroatoms. The van der Waals surface area contributed by atoms with Crippen molar-refractivity contribution in [3.63, 3.8) is 0 Å². The van der Waals surface area contributed by atoms with E-state index in [9.17, 15) is 9.59 Å². The second-order valence-corrected chi connectivity index (χ2v) is 8.98. The van der Waals surface area contributed by atoms with Gasteiger partial charge in [-0.25, -0.2) is 0 Å². The molecule has 1 fully saturated rings. The first kappa shape index (κ1) is 22.1. The van der Waals surface area contributed by atoms with E-state index < -0.39 is 0 Å². The molecule has 1 aliphatic rings. The Morgan fingerprint density at radius 1 is 1.06 bits per heavy atom. The minimum absolute atomic E-state index is 0.0587. The number of rotatable bonds is 6. The van der Waals surface area contributed by atoms with Gasteiger partial charge >= 0.3 is 0 Å². The van der Waals surface area contributed by atoms with Gasteiger partial charge in [0.05, 0.1) is 5.75 Å². The van der Waals surface area contributed by atoms with Crippen LogP contribution in [-0.2, 0) is 4.79 Å². The number of nitrogens with one attached hydrogen (secondary N) is 1. The molecule has 2 aromatic carbocycles. The zero-order chi connectivity index (χ0) is 22.5. The summed E-state index contributed by atoms with van der Waals surface area (Å²) in [4.78, 5) is 27.0. The predicted octanol–water partition coefficient (Wildman–Crippen LogP) is 3.40. The highest BCUT2D eigenvalue weighted by Crippen LogP contribution is 2.22. The van der Waals surface area contributed by atoms with Gasteiger partial charge in [-0.3, -0.25) is 14.2 Å². The Hall–Kier alpha value is -3.13. The van der Waals surface area contributed by atoms with E-state index in [4.69, 9.17) is 0 Å². The molecule has 0 atom stereocenters. The summed E-state index contributed by atoms with van der Waals surface area (Å²) >= 11 is 1.40. The van der Waals surface area contributed by atoms with Crippen LogP contribution in [0, 0.1) is 13.8 Å². The fraction of sp³-hybridized carbons (Fsp3) is 0.333. The van der Waals surface area contributed by atoms with Crippen molar-refractivity contribution in [2.45, 2.75) is 37.9 Å². The number of aryl methyl sites for hydroxylation is 2. The average Bonchev–Trinajstić information content (AvgIpc) is 3.29. The number of carbonyl (C=O) groups is 2. The number of thioether (sulfide) groups is 1. The molecule has 2 heterocycles. The van der Waals surface area contributed by atoms with Gasteiger partial charge in [0.2, 0.25) is 5.91 Å². The van der Waals surface area contributed by atoms with Crippen molar-refractivity contribution in [1.29, 1.82) is 0 Å². The standard InChI is InChI=1S/C24H27N5O2S/c1-17-8-9-21(14-18(17)2)29-16-25-27-24(29)32-15-22(30)28-12-10-20(11-13-28)26-23(31)19-6-4-3-5-7-19/h3-9,14,16,20H,10-13,15H2,1-2H3,(H,26,31). The minimum atomic E-state index is -0.0587. The van der Waals surface area contributed by atoms with E-state index in [-0.39, 0.29) is 17.9 Å². The smallest absolute Gasteiger partial charge is 0.251 e. The van der Waals surface area contributed by atoms with Gasteiger partial charge in [0.15, 0.2) is 5.16 Å². The van der Waals surface area contributed by atoms with Crippen molar-refractivity contribution in [2.24, 2.45) is 0 Å². The van der Waals surface area contributed by atoms with Crippen LogP contribution >= 0.6 is 11.8 Å². The number of aromatic nitrogens is 3. The molecule has 0 spiro atoms. The molecular formula is C24H27N5O2S. The largest absolute Gasteiger partial charge is 0.349 e. The molecule has 3 aromatic rings. The predicted molar refractivity (Wildman–Crippen MR) is 125 cm³/mol. The van der Waals surface area contributed by atoms with E-state index in [1.165, 1.54) is 22.9 Å². The Morgan fingerprint density at radius 2 is 1.81 bits per heavy atom. The van der Waals surface area contributed by atoms with E-state index in [0.29, 0.717) is 29.6 Å². The van der Waals surface area contributed by atoms with Crippen molar-refractivity contribution in [3.05, 3.63) is 71.5 Å². The highest BCUT2D eigenvalue weighted by atomic mass is 32.2. The Labute approximate surface area is 192 Å². The number of likely N-dealkylation sites (tertiary alicyclic amines) is 1. The van der Waals surface area contributed by atoms with Gasteiger partial charge < -0.3 is 10.2 Å². The Kier molecular flexibility index (Phi) is 6.90. The molecule has 0 unspecified atom stereocenters. The fourth-order valence-corrected chi connectivity index (χ4v) is 4.56. The number of nitrogens with zero attached hydrogens (tertiary/aromatic N) is 4. The number of benzene rings is 2. The average molecular weight is 450 g/mol. The summed E-state index contributed by atoms with van der Waals surface area (Å²) in [6, 6.07) is 15.5. The van der Waals surface area contributed by atoms with E-state index in [0.717, 1.165) is 18.5 Å². The molecule has 0 bridgehead atoms. The van der Waals surface area contributed by atoms with Crippen LogP contribution in [0.4, 0.5) is 0 Å². The van der Waals surface area contributed by atoms with Crippen LogP contribution in [-0.4, -0.2) is 56.4 Å². The van der Waals surface area contributed by atoms with Gasteiger partial charge in [-0.05, 0) is 62.1 Å². The number of piperidine rings is 1. The van der Waals surface area contributed by atoms with Crippen molar-refractivity contribution >= 4 is 23.6 Å². The second kappa shape index (κ2) is 9.99. The lowest BCUT2D eigenvalue weighted by atomic mass is 10.0. The molecule has 1 saturated heterocycles. The topological polar surface area (TPSA) is 80.1 Å². The van der Waals surface area contributed by atoms with E-state index in [1.54, 1.807) is 6.33 Å². The molecule has 166 valence electrons. The first-order valence-electron chi connectivity index (χ1n) is 10.8. The minimum Gasteiger partial charge on any atom is -0.349 e. The first-order valence-corrected chi connectivity index (χ1v) is 11.7. The van der Waals surface area contributed by atoms with Crippen LogP contribution in [0.25, 0.3) is 5.69 Å². The lowest BCUT2D eigenvalue weighted by Crippen LogP contribution is -2.47. The molecule has 0 aliphatic carbocycles. The van der Waals surface area contributed by atoms with Crippen molar-refractivity contribution < 1.29 is 9.59 Å². The summed E-state index contributed by atoms with van der Waals surface area (Å²) in [7, 11) is 0. The second-order valence-electron chi connectivity index (χ2n) is 8.04.